The molecule has 0 bridgehead atoms. The van der Waals surface area contributed by atoms with E-state index in [4.69, 9.17) is 5.73 Å². The molecule has 0 radical (unpaired) electrons. The summed E-state index contributed by atoms with van der Waals surface area (Å²) in [6.07, 6.45) is 2.31. The van der Waals surface area contributed by atoms with Gasteiger partial charge in [0.1, 0.15) is 0 Å². The van der Waals surface area contributed by atoms with E-state index in [2.05, 4.69) is 62.9 Å². The first-order valence-electron chi connectivity index (χ1n) is 7.50. The highest BCUT2D eigenvalue weighted by Crippen LogP contribution is 2.19. The molecule has 0 amide bonds. The Kier molecular flexibility index (Phi) is 6.53. The van der Waals surface area contributed by atoms with Gasteiger partial charge in [-0.2, -0.15) is 0 Å². The highest BCUT2D eigenvalue weighted by Gasteiger charge is 2.24. The number of nitrogens with two attached hydrogens (primary N) is 1. The quantitative estimate of drug-likeness (QED) is 0.779. The Balaban J connectivity index is 2.70. The highest BCUT2D eigenvalue weighted by atomic mass is 15.2. The van der Waals surface area contributed by atoms with E-state index in [1.807, 2.05) is 0 Å². The second-order valence-electron chi connectivity index (χ2n) is 6.18. The standard InChI is InChI=1S/C17H30N2/c1-5-16(12-15-10-8-7-9-11-15)19(6-2)14-17(3,4)13-18/h7-11,16H,5-6,12-14,18H2,1-4H3. The Morgan fingerprint density at radius 2 is 1.79 bits per heavy atom. The van der Waals surface area contributed by atoms with Gasteiger partial charge in [0.15, 0.2) is 0 Å². The van der Waals surface area contributed by atoms with Gasteiger partial charge in [0.25, 0.3) is 0 Å². The fraction of sp³-hybridized carbons (Fsp3) is 0.647. The third-order valence-electron chi connectivity index (χ3n) is 3.89. The summed E-state index contributed by atoms with van der Waals surface area (Å²) < 4.78 is 0. The van der Waals surface area contributed by atoms with Gasteiger partial charge in [-0.1, -0.05) is 58.0 Å². The average molecular weight is 262 g/mol. The van der Waals surface area contributed by atoms with Crippen molar-refractivity contribution in [2.75, 3.05) is 19.6 Å². The van der Waals surface area contributed by atoms with E-state index in [9.17, 15) is 0 Å². The second-order valence-corrected chi connectivity index (χ2v) is 6.18. The molecule has 1 atom stereocenters. The van der Waals surface area contributed by atoms with Crippen LogP contribution in [0.2, 0.25) is 0 Å². The van der Waals surface area contributed by atoms with Gasteiger partial charge in [-0.05, 0) is 36.9 Å². The molecule has 0 aliphatic rings. The molecule has 1 aromatic rings. The van der Waals surface area contributed by atoms with Crippen molar-refractivity contribution in [3.8, 4) is 0 Å². The first-order valence-corrected chi connectivity index (χ1v) is 7.50. The molecule has 1 rings (SSSR count). The Morgan fingerprint density at radius 1 is 1.16 bits per heavy atom. The van der Waals surface area contributed by atoms with Crippen LogP contribution in [0.5, 0.6) is 0 Å². The molecular weight excluding hydrogens is 232 g/mol. The predicted octanol–water partition coefficient (Wildman–Crippen LogP) is 3.31. The molecule has 0 saturated carbocycles. The monoisotopic (exact) mass is 262 g/mol. The zero-order valence-electron chi connectivity index (χ0n) is 13.0. The average Bonchev–Trinajstić information content (AvgIpc) is 2.43. The molecule has 0 aliphatic heterocycles. The molecule has 2 nitrogen and oxygen atoms in total. The minimum absolute atomic E-state index is 0.195. The number of hydrogen-bond acceptors (Lipinski definition) is 2. The second kappa shape index (κ2) is 7.66. The summed E-state index contributed by atoms with van der Waals surface area (Å²) in [6, 6.07) is 11.4. The van der Waals surface area contributed by atoms with E-state index in [-0.39, 0.29) is 5.41 Å². The number of likely N-dealkylation sites (N-methyl/N-ethyl adjacent to an activating group) is 1. The molecule has 0 fully saturated rings. The van der Waals surface area contributed by atoms with Gasteiger partial charge in [-0.25, -0.2) is 0 Å². The van der Waals surface area contributed by atoms with Crippen LogP contribution in [0.25, 0.3) is 0 Å². The fourth-order valence-electron chi connectivity index (χ4n) is 2.53. The summed E-state index contributed by atoms with van der Waals surface area (Å²) >= 11 is 0. The number of rotatable bonds is 8. The van der Waals surface area contributed by atoms with Crippen LogP contribution < -0.4 is 5.73 Å². The van der Waals surface area contributed by atoms with Crippen LogP contribution in [0.3, 0.4) is 0 Å². The lowest BCUT2D eigenvalue weighted by Gasteiger charge is -2.36. The minimum atomic E-state index is 0.195. The normalized spacial score (nSPS) is 13.8. The zero-order valence-corrected chi connectivity index (χ0v) is 13.0. The smallest absolute Gasteiger partial charge is 0.0133 e. The van der Waals surface area contributed by atoms with Crippen molar-refractivity contribution in [1.29, 1.82) is 0 Å². The molecule has 0 heterocycles. The molecule has 0 saturated heterocycles. The fourth-order valence-corrected chi connectivity index (χ4v) is 2.53. The maximum Gasteiger partial charge on any atom is 0.0133 e. The molecule has 19 heavy (non-hydrogen) atoms. The Bertz CT molecular complexity index is 346. The molecule has 1 unspecified atom stereocenters. The maximum absolute atomic E-state index is 5.88. The van der Waals surface area contributed by atoms with Crippen LogP contribution in [-0.4, -0.2) is 30.6 Å². The van der Waals surface area contributed by atoms with Crippen LogP contribution in [0.1, 0.15) is 39.7 Å². The van der Waals surface area contributed by atoms with E-state index in [0.29, 0.717) is 6.04 Å². The van der Waals surface area contributed by atoms with Crippen LogP contribution >= 0.6 is 0 Å². The number of benzene rings is 1. The Labute approximate surface area is 119 Å². The van der Waals surface area contributed by atoms with Crippen LogP contribution in [-0.2, 0) is 6.42 Å². The minimum Gasteiger partial charge on any atom is -0.330 e. The van der Waals surface area contributed by atoms with Crippen molar-refractivity contribution in [3.05, 3.63) is 35.9 Å². The van der Waals surface area contributed by atoms with Crippen molar-refractivity contribution < 1.29 is 0 Å². The van der Waals surface area contributed by atoms with Gasteiger partial charge in [0, 0.05) is 12.6 Å². The molecular formula is C17H30N2. The summed E-state index contributed by atoms with van der Waals surface area (Å²) in [6.45, 7) is 12.0. The molecule has 2 heteroatoms. The van der Waals surface area contributed by atoms with Crippen molar-refractivity contribution in [3.63, 3.8) is 0 Å². The van der Waals surface area contributed by atoms with Gasteiger partial charge < -0.3 is 5.73 Å². The van der Waals surface area contributed by atoms with E-state index >= 15 is 0 Å². The molecule has 1 aromatic carbocycles. The molecule has 108 valence electrons. The van der Waals surface area contributed by atoms with Crippen LogP contribution in [0.15, 0.2) is 30.3 Å². The zero-order chi connectivity index (χ0) is 14.3. The van der Waals surface area contributed by atoms with Gasteiger partial charge in [0.2, 0.25) is 0 Å². The van der Waals surface area contributed by atoms with E-state index < -0.39 is 0 Å². The van der Waals surface area contributed by atoms with Crippen LogP contribution in [0, 0.1) is 5.41 Å². The summed E-state index contributed by atoms with van der Waals surface area (Å²) in [5.74, 6) is 0. The molecule has 0 spiro atoms. The highest BCUT2D eigenvalue weighted by molar-refractivity contribution is 5.15. The molecule has 2 N–H and O–H groups in total. The summed E-state index contributed by atoms with van der Waals surface area (Å²) in [5, 5.41) is 0. The van der Waals surface area contributed by atoms with Crippen LogP contribution in [0.4, 0.5) is 0 Å². The first kappa shape index (κ1) is 16.2. The van der Waals surface area contributed by atoms with Gasteiger partial charge >= 0.3 is 0 Å². The molecule has 0 aliphatic carbocycles. The molecule has 0 aromatic heterocycles. The van der Waals surface area contributed by atoms with Crippen molar-refractivity contribution in [2.45, 2.75) is 46.6 Å². The van der Waals surface area contributed by atoms with Gasteiger partial charge in [-0.3, -0.25) is 4.90 Å². The van der Waals surface area contributed by atoms with Crippen molar-refractivity contribution >= 4 is 0 Å². The lowest BCUT2D eigenvalue weighted by molar-refractivity contribution is 0.134. The largest absolute Gasteiger partial charge is 0.330 e. The third-order valence-corrected chi connectivity index (χ3v) is 3.89. The van der Waals surface area contributed by atoms with Gasteiger partial charge in [0.05, 0.1) is 0 Å². The number of hydrogen-bond donors (Lipinski definition) is 1. The Hall–Kier alpha value is -0.860. The van der Waals surface area contributed by atoms with Crippen molar-refractivity contribution in [1.82, 2.24) is 4.90 Å². The van der Waals surface area contributed by atoms with E-state index in [1.165, 1.54) is 12.0 Å². The Morgan fingerprint density at radius 3 is 2.26 bits per heavy atom. The first-order chi connectivity index (χ1) is 9.02. The summed E-state index contributed by atoms with van der Waals surface area (Å²) in [4.78, 5) is 2.58. The van der Waals surface area contributed by atoms with Crippen molar-refractivity contribution in [2.24, 2.45) is 11.1 Å². The lowest BCUT2D eigenvalue weighted by Crippen LogP contribution is -2.44. The van der Waals surface area contributed by atoms with E-state index in [1.54, 1.807) is 0 Å². The van der Waals surface area contributed by atoms with Gasteiger partial charge in [-0.15, -0.1) is 0 Å². The predicted molar refractivity (Wildman–Crippen MR) is 84.3 cm³/mol. The SMILES string of the molecule is CCC(Cc1ccccc1)N(CC)CC(C)(C)CN. The topological polar surface area (TPSA) is 29.3 Å². The third kappa shape index (κ3) is 5.33. The summed E-state index contributed by atoms with van der Waals surface area (Å²) in [5.41, 5.74) is 7.50. The lowest BCUT2D eigenvalue weighted by atomic mass is 9.91. The van der Waals surface area contributed by atoms with E-state index in [0.717, 1.165) is 26.1 Å². The number of nitrogens with zero attached hydrogens (tertiary/aromatic N) is 1. The summed E-state index contributed by atoms with van der Waals surface area (Å²) in [7, 11) is 0. The maximum atomic E-state index is 5.88.